The second kappa shape index (κ2) is 7.09. The summed E-state index contributed by atoms with van der Waals surface area (Å²) in [6.07, 6.45) is 0.762. The molecule has 0 aliphatic carbocycles. The molecule has 0 amide bonds. The van der Waals surface area contributed by atoms with Crippen LogP contribution in [-0.4, -0.2) is 32.5 Å². The van der Waals surface area contributed by atoms with Crippen LogP contribution < -0.4 is 14.8 Å². The van der Waals surface area contributed by atoms with Gasteiger partial charge in [0.05, 0.1) is 14.2 Å². The largest absolute Gasteiger partial charge is 0.497 e. The molecule has 90 valence electrons. The molecule has 0 heterocycles. The molecule has 4 nitrogen and oxygen atoms in total. The molecule has 0 aliphatic rings. The van der Waals surface area contributed by atoms with Crippen molar-refractivity contribution in [1.29, 1.82) is 0 Å². The zero-order valence-electron chi connectivity index (χ0n) is 9.82. The van der Waals surface area contributed by atoms with E-state index in [-0.39, 0.29) is 6.61 Å². The van der Waals surface area contributed by atoms with Crippen molar-refractivity contribution in [2.75, 3.05) is 27.4 Å². The van der Waals surface area contributed by atoms with E-state index in [0.29, 0.717) is 0 Å². The Morgan fingerprint density at radius 2 is 2.06 bits per heavy atom. The molecule has 0 spiro atoms. The first-order valence-corrected chi connectivity index (χ1v) is 5.34. The lowest BCUT2D eigenvalue weighted by molar-refractivity contribution is 0.286. The van der Waals surface area contributed by atoms with Crippen LogP contribution in [0.1, 0.15) is 12.0 Å². The third-order valence-corrected chi connectivity index (χ3v) is 2.32. The lowest BCUT2D eigenvalue weighted by Crippen LogP contribution is -2.16. The molecule has 0 aromatic heterocycles. The summed E-state index contributed by atoms with van der Waals surface area (Å²) in [5.74, 6) is 1.60. The number of aliphatic hydroxyl groups is 1. The molecule has 0 atom stereocenters. The van der Waals surface area contributed by atoms with E-state index >= 15 is 0 Å². The predicted octanol–water partition coefficient (Wildman–Crippen LogP) is 1.18. The molecule has 0 radical (unpaired) electrons. The fourth-order valence-electron chi connectivity index (χ4n) is 1.43. The number of rotatable bonds is 7. The maximum absolute atomic E-state index is 8.65. The van der Waals surface area contributed by atoms with E-state index in [4.69, 9.17) is 14.6 Å². The molecule has 4 heteroatoms. The second-order valence-electron chi connectivity index (χ2n) is 3.43. The molecule has 1 aromatic rings. The van der Waals surface area contributed by atoms with Gasteiger partial charge in [-0.15, -0.1) is 0 Å². The molecule has 0 saturated heterocycles. The van der Waals surface area contributed by atoms with E-state index in [0.717, 1.165) is 36.6 Å². The molecular formula is C12H19NO3. The van der Waals surface area contributed by atoms with Crippen molar-refractivity contribution in [2.24, 2.45) is 0 Å². The summed E-state index contributed by atoms with van der Waals surface area (Å²) in [6.45, 7) is 1.74. The maximum Gasteiger partial charge on any atom is 0.127 e. The minimum Gasteiger partial charge on any atom is -0.497 e. The Hall–Kier alpha value is -1.26. The van der Waals surface area contributed by atoms with Gasteiger partial charge in [0.2, 0.25) is 0 Å². The van der Waals surface area contributed by atoms with Crippen LogP contribution in [0.25, 0.3) is 0 Å². The lowest BCUT2D eigenvalue weighted by atomic mass is 10.2. The van der Waals surface area contributed by atoms with Crippen LogP contribution in [0.4, 0.5) is 0 Å². The van der Waals surface area contributed by atoms with Crippen molar-refractivity contribution in [3.05, 3.63) is 23.8 Å². The summed E-state index contributed by atoms with van der Waals surface area (Å²) >= 11 is 0. The average molecular weight is 225 g/mol. The Balaban J connectivity index is 2.57. The van der Waals surface area contributed by atoms with E-state index < -0.39 is 0 Å². The molecule has 0 aliphatic heterocycles. The number of hydrogen-bond donors (Lipinski definition) is 2. The summed E-state index contributed by atoms with van der Waals surface area (Å²) in [6, 6.07) is 5.75. The van der Waals surface area contributed by atoms with Gasteiger partial charge in [-0.3, -0.25) is 0 Å². The van der Waals surface area contributed by atoms with Crippen molar-refractivity contribution in [3.8, 4) is 11.5 Å². The zero-order chi connectivity index (χ0) is 11.8. The highest BCUT2D eigenvalue weighted by molar-refractivity contribution is 5.40. The van der Waals surface area contributed by atoms with Crippen LogP contribution in [-0.2, 0) is 6.54 Å². The first-order valence-electron chi connectivity index (χ1n) is 5.34. The Labute approximate surface area is 96.2 Å². The van der Waals surface area contributed by atoms with Gasteiger partial charge in [0.1, 0.15) is 11.5 Å². The molecule has 16 heavy (non-hydrogen) atoms. The van der Waals surface area contributed by atoms with Gasteiger partial charge in [-0.25, -0.2) is 0 Å². The van der Waals surface area contributed by atoms with Crippen LogP contribution >= 0.6 is 0 Å². The van der Waals surface area contributed by atoms with Gasteiger partial charge in [0, 0.05) is 24.8 Å². The Morgan fingerprint density at radius 3 is 2.69 bits per heavy atom. The third kappa shape index (κ3) is 3.72. The zero-order valence-corrected chi connectivity index (χ0v) is 9.82. The van der Waals surface area contributed by atoms with Crippen LogP contribution in [0.15, 0.2) is 18.2 Å². The fourth-order valence-corrected chi connectivity index (χ4v) is 1.43. The molecule has 1 aromatic carbocycles. The monoisotopic (exact) mass is 225 g/mol. The van der Waals surface area contributed by atoms with Crippen LogP contribution in [0.5, 0.6) is 11.5 Å². The minimum atomic E-state index is 0.215. The Morgan fingerprint density at radius 1 is 1.25 bits per heavy atom. The van der Waals surface area contributed by atoms with Crippen molar-refractivity contribution >= 4 is 0 Å². The van der Waals surface area contributed by atoms with E-state index in [1.807, 2.05) is 18.2 Å². The van der Waals surface area contributed by atoms with Gasteiger partial charge < -0.3 is 19.9 Å². The second-order valence-corrected chi connectivity index (χ2v) is 3.43. The molecule has 2 N–H and O–H groups in total. The molecule has 0 bridgehead atoms. The highest BCUT2D eigenvalue weighted by Crippen LogP contribution is 2.24. The highest BCUT2D eigenvalue weighted by atomic mass is 16.5. The molecule has 0 unspecified atom stereocenters. The maximum atomic E-state index is 8.65. The SMILES string of the molecule is COc1ccc(CNCCCO)c(OC)c1. The van der Waals surface area contributed by atoms with E-state index in [2.05, 4.69) is 5.32 Å². The van der Waals surface area contributed by atoms with Crippen molar-refractivity contribution in [1.82, 2.24) is 5.32 Å². The standard InChI is InChI=1S/C12H19NO3/c1-15-11-5-4-10(12(8-11)16-2)9-13-6-3-7-14/h4-5,8,13-14H,3,6-7,9H2,1-2H3. The first-order chi connectivity index (χ1) is 7.81. The van der Waals surface area contributed by atoms with Crippen LogP contribution in [0.2, 0.25) is 0 Å². The van der Waals surface area contributed by atoms with E-state index in [1.165, 1.54) is 0 Å². The number of ether oxygens (including phenoxy) is 2. The van der Waals surface area contributed by atoms with Crippen LogP contribution in [0, 0.1) is 0 Å². The summed E-state index contributed by atoms with van der Waals surface area (Å²) in [7, 11) is 3.28. The number of aliphatic hydroxyl groups excluding tert-OH is 1. The van der Waals surface area contributed by atoms with E-state index in [9.17, 15) is 0 Å². The number of hydrogen-bond acceptors (Lipinski definition) is 4. The van der Waals surface area contributed by atoms with Gasteiger partial charge in [0.25, 0.3) is 0 Å². The molecule has 0 saturated carbocycles. The summed E-state index contributed by atoms with van der Waals surface area (Å²) < 4.78 is 10.4. The van der Waals surface area contributed by atoms with Crippen molar-refractivity contribution < 1.29 is 14.6 Å². The molecule has 1 rings (SSSR count). The quantitative estimate of drug-likeness (QED) is 0.684. The van der Waals surface area contributed by atoms with Gasteiger partial charge in [0.15, 0.2) is 0 Å². The topological polar surface area (TPSA) is 50.7 Å². The summed E-state index contributed by atoms with van der Waals surface area (Å²) in [5.41, 5.74) is 1.08. The number of nitrogens with one attached hydrogen (secondary N) is 1. The minimum absolute atomic E-state index is 0.215. The van der Waals surface area contributed by atoms with Crippen molar-refractivity contribution in [2.45, 2.75) is 13.0 Å². The first kappa shape index (κ1) is 12.8. The van der Waals surface area contributed by atoms with Crippen molar-refractivity contribution in [3.63, 3.8) is 0 Å². The Kier molecular flexibility index (Phi) is 5.67. The average Bonchev–Trinajstić information content (AvgIpc) is 2.34. The smallest absolute Gasteiger partial charge is 0.127 e. The summed E-state index contributed by atoms with van der Waals surface area (Å²) in [5, 5.41) is 11.9. The number of benzene rings is 1. The number of methoxy groups -OCH3 is 2. The third-order valence-electron chi connectivity index (χ3n) is 2.32. The fraction of sp³-hybridized carbons (Fsp3) is 0.500. The van der Waals surface area contributed by atoms with Crippen LogP contribution in [0.3, 0.4) is 0 Å². The summed E-state index contributed by atoms with van der Waals surface area (Å²) in [4.78, 5) is 0. The normalized spacial score (nSPS) is 10.2. The van der Waals surface area contributed by atoms with E-state index in [1.54, 1.807) is 14.2 Å². The molecule has 0 fully saturated rings. The predicted molar refractivity (Wildman–Crippen MR) is 63.0 cm³/mol. The highest BCUT2D eigenvalue weighted by Gasteiger charge is 2.03. The Bertz CT molecular complexity index is 315. The van der Waals surface area contributed by atoms with Gasteiger partial charge in [-0.2, -0.15) is 0 Å². The van der Waals surface area contributed by atoms with Gasteiger partial charge in [-0.1, -0.05) is 6.07 Å². The molecular weight excluding hydrogens is 206 g/mol. The van der Waals surface area contributed by atoms with Gasteiger partial charge in [-0.05, 0) is 19.0 Å². The lowest BCUT2D eigenvalue weighted by Gasteiger charge is -2.10. The van der Waals surface area contributed by atoms with Gasteiger partial charge >= 0.3 is 0 Å².